The van der Waals surface area contributed by atoms with Gasteiger partial charge in [0.05, 0.1) is 0 Å². The van der Waals surface area contributed by atoms with Crippen molar-refractivity contribution in [2.45, 2.75) is 50.8 Å². The molecule has 2 atom stereocenters. The van der Waals surface area contributed by atoms with E-state index in [0.717, 1.165) is 36.0 Å². The Balaban J connectivity index is 1.16. The van der Waals surface area contributed by atoms with Gasteiger partial charge in [0.2, 0.25) is 5.91 Å². The monoisotopic (exact) mass is 569 g/mol. The molecule has 0 unspecified atom stereocenters. The average molecular weight is 570 g/mol. The molecule has 3 amide bonds. The van der Waals surface area contributed by atoms with E-state index in [2.05, 4.69) is 27.0 Å². The molecule has 218 valence electrons. The maximum Gasteiger partial charge on any atom is 0.318 e. The summed E-state index contributed by atoms with van der Waals surface area (Å²) in [7, 11) is 0. The van der Waals surface area contributed by atoms with Gasteiger partial charge in [-0.3, -0.25) is 4.79 Å². The molecule has 9 heteroatoms. The molecule has 2 aliphatic rings. The molecule has 8 nitrogen and oxygen atoms in total. The van der Waals surface area contributed by atoms with Crippen LogP contribution in [-0.2, 0) is 17.8 Å². The molecule has 0 spiro atoms. The lowest BCUT2D eigenvalue weighted by atomic mass is 9.92. The van der Waals surface area contributed by atoms with Crippen molar-refractivity contribution in [1.29, 1.82) is 0 Å². The molecule has 0 aliphatic carbocycles. The number of urea groups is 1. The van der Waals surface area contributed by atoms with Crippen molar-refractivity contribution in [1.82, 2.24) is 20.5 Å². The van der Waals surface area contributed by atoms with Crippen molar-refractivity contribution in [3.63, 3.8) is 0 Å². The average Bonchev–Trinajstić information content (AvgIpc) is 3.45. The van der Waals surface area contributed by atoms with Gasteiger partial charge >= 0.3 is 6.03 Å². The third-order valence-corrected chi connectivity index (χ3v) is 8.38. The second-order valence-corrected chi connectivity index (χ2v) is 11.2. The molecule has 1 aromatic heterocycles. The molecule has 4 N–H and O–H groups in total. The van der Waals surface area contributed by atoms with Crippen LogP contribution in [0.5, 0.6) is 5.75 Å². The molecule has 3 heterocycles. The first kappa shape index (κ1) is 27.8. The third-order valence-electron chi connectivity index (χ3n) is 8.38. The molecular formula is C33H36FN5O3. The van der Waals surface area contributed by atoms with Crippen molar-refractivity contribution in [3.8, 4) is 5.75 Å². The maximum absolute atomic E-state index is 13.8. The Bertz CT molecular complexity index is 1560. The van der Waals surface area contributed by atoms with Crippen LogP contribution in [0.3, 0.4) is 0 Å². The first-order chi connectivity index (χ1) is 20.4. The maximum atomic E-state index is 13.8. The van der Waals surface area contributed by atoms with Gasteiger partial charge in [0.15, 0.2) is 0 Å². The Kier molecular flexibility index (Phi) is 8.10. The predicted octanol–water partition coefficient (Wildman–Crippen LogP) is 5.32. The summed E-state index contributed by atoms with van der Waals surface area (Å²) in [5.41, 5.74) is 5.12. The number of rotatable bonds is 7. The largest absolute Gasteiger partial charge is 0.490 e. The fourth-order valence-electron chi connectivity index (χ4n) is 5.95. The molecule has 2 aliphatic heterocycles. The number of carbonyl (C=O) groups excluding carboxylic acids is 2. The number of hydrogen-bond acceptors (Lipinski definition) is 4. The summed E-state index contributed by atoms with van der Waals surface area (Å²) in [5, 5.41) is 10.5. The van der Waals surface area contributed by atoms with E-state index in [9.17, 15) is 14.0 Å². The Morgan fingerprint density at radius 1 is 1.02 bits per heavy atom. The van der Waals surface area contributed by atoms with Crippen molar-refractivity contribution in [2.75, 3.05) is 25.0 Å². The Labute approximate surface area is 244 Å². The highest BCUT2D eigenvalue weighted by Crippen LogP contribution is 2.29. The van der Waals surface area contributed by atoms with Gasteiger partial charge in [0.25, 0.3) is 0 Å². The minimum Gasteiger partial charge on any atom is -0.490 e. The number of fused-ring (bicyclic) bond motifs is 2. The molecule has 1 saturated heterocycles. The van der Waals surface area contributed by atoms with Gasteiger partial charge in [0.1, 0.15) is 23.7 Å². The Hall–Kier alpha value is -4.37. The van der Waals surface area contributed by atoms with E-state index in [0.29, 0.717) is 37.4 Å². The number of benzene rings is 3. The first-order valence-electron chi connectivity index (χ1n) is 14.6. The van der Waals surface area contributed by atoms with E-state index in [1.807, 2.05) is 49.5 Å². The van der Waals surface area contributed by atoms with Crippen LogP contribution in [0.25, 0.3) is 10.9 Å². The molecule has 1 fully saturated rings. The van der Waals surface area contributed by atoms with Crippen LogP contribution in [0.4, 0.5) is 14.9 Å². The minimum atomic E-state index is -0.806. The zero-order valence-electron chi connectivity index (χ0n) is 23.7. The lowest BCUT2D eigenvalue weighted by Crippen LogP contribution is -2.53. The second kappa shape index (κ2) is 12.2. The number of aromatic amines is 1. The van der Waals surface area contributed by atoms with Gasteiger partial charge in [-0.05, 0) is 72.1 Å². The zero-order chi connectivity index (χ0) is 29.1. The van der Waals surface area contributed by atoms with Crippen LogP contribution in [-0.4, -0.2) is 53.6 Å². The van der Waals surface area contributed by atoms with E-state index in [-0.39, 0.29) is 29.8 Å². The van der Waals surface area contributed by atoms with Crippen molar-refractivity contribution in [2.24, 2.45) is 0 Å². The molecule has 42 heavy (non-hydrogen) atoms. The highest BCUT2D eigenvalue weighted by Gasteiger charge is 2.33. The number of H-pyrrole nitrogens is 1. The normalized spacial score (nSPS) is 16.9. The first-order valence-corrected chi connectivity index (χ1v) is 14.6. The van der Waals surface area contributed by atoms with Crippen LogP contribution in [0, 0.1) is 5.82 Å². The number of amides is 3. The van der Waals surface area contributed by atoms with Gasteiger partial charge < -0.3 is 30.6 Å². The Morgan fingerprint density at radius 2 is 1.81 bits per heavy atom. The summed E-state index contributed by atoms with van der Waals surface area (Å²) in [6, 6.07) is 18.9. The van der Waals surface area contributed by atoms with Gasteiger partial charge in [-0.1, -0.05) is 31.2 Å². The molecule has 0 radical (unpaired) electrons. The summed E-state index contributed by atoms with van der Waals surface area (Å²) in [4.78, 5) is 32.4. The quantitative estimate of drug-likeness (QED) is 0.242. The summed E-state index contributed by atoms with van der Waals surface area (Å²) < 4.78 is 19.2. The van der Waals surface area contributed by atoms with Gasteiger partial charge in [-0.25, -0.2) is 9.18 Å². The molecule has 4 aromatic rings. The lowest BCUT2D eigenvalue weighted by Gasteiger charge is -2.34. The number of hydrogen-bond donors (Lipinski definition) is 4. The SMILES string of the molecule is C[C@@H](c1c[nH]c2ccccc12)[C@@H](NC(=O)N1CCC(Oc2ccc(F)cc2)CC1)C(=O)Nc1ccc2c(c1)CNCC2. The van der Waals surface area contributed by atoms with E-state index in [1.165, 1.54) is 23.3 Å². The van der Waals surface area contributed by atoms with Gasteiger partial charge in [-0.15, -0.1) is 0 Å². The zero-order valence-corrected chi connectivity index (χ0v) is 23.7. The van der Waals surface area contributed by atoms with Gasteiger partial charge in [-0.2, -0.15) is 0 Å². The van der Waals surface area contributed by atoms with Crippen LogP contribution in [0.15, 0.2) is 72.9 Å². The fourth-order valence-corrected chi connectivity index (χ4v) is 5.95. The number of nitrogens with one attached hydrogen (secondary N) is 4. The number of para-hydroxylation sites is 1. The summed E-state index contributed by atoms with van der Waals surface area (Å²) in [6.45, 7) is 4.67. The second-order valence-electron chi connectivity index (χ2n) is 11.2. The number of anilines is 1. The van der Waals surface area contributed by atoms with E-state index >= 15 is 0 Å². The summed E-state index contributed by atoms with van der Waals surface area (Å²) in [5.74, 6) is -0.261. The van der Waals surface area contributed by atoms with Gasteiger partial charge in [0, 0.05) is 61.2 Å². The number of piperidine rings is 1. The van der Waals surface area contributed by atoms with Crippen molar-refractivity contribution >= 4 is 28.5 Å². The number of nitrogens with zero attached hydrogens (tertiary/aromatic N) is 1. The van der Waals surface area contributed by atoms with Crippen molar-refractivity contribution < 1.29 is 18.7 Å². The molecule has 3 aromatic carbocycles. The van der Waals surface area contributed by atoms with Crippen molar-refractivity contribution in [3.05, 3.63) is 95.4 Å². The number of likely N-dealkylation sites (tertiary alicyclic amines) is 1. The highest BCUT2D eigenvalue weighted by molar-refractivity contribution is 5.98. The summed E-state index contributed by atoms with van der Waals surface area (Å²) in [6.07, 6.45) is 4.10. The lowest BCUT2D eigenvalue weighted by molar-refractivity contribution is -0.118. The smallest absolute Gasteiger partial charge is 0.318 e. The molecular weight excluding hydrogens is 533 g/mol. The molecule has 0 saturated carbocycles. The van der Waals surface area contributed by atoms with Crippen LogP contribution in [0.1, 0.15) is 42.4 Å². The van der Waals surface area contributed by atoms with Crippen LogP contribution >= 0.6 is 0 Å². The summed E-state index contributed by atoms with van der Waals surface area (Å²) >= 11 is 0. The number of halogens is 1. The Morgan fingerprint density at radius 3 is 2.62 bits per heavy atom. The van der Waals surface area contributed by atoms with E-state index < -0.39 is 6.04 Å². The fraction of sp³-hybridized carbons (Fsp3) is 0.333. The van der Waals surface area contributed by atoms with E-state index in [4.69, 9.17) is 4.74 Å². The number of aromatic nitrogens is 1. The third kappa shape index (κ3) is 6.11. The predicted molar refractivity (Wildman–Crippen MR) is 161 cm³/mol. The highest BCUT2D eigenvalue weighted by atomic mass is 19.1. The minimum absolute atomic E-state index is 0.0674. The van der Waals surface area contributed by atoms with Crippen LogP contribution < -0.4 is 20.7 Å². The molecule has 6 rings (SSSR count). The van der Waals surface area contributed by atoms with E-state index in [1.54, 1.807) is 17.0 Å². The standard InChI is InChI=1S/C33H36FN5O3/c1-21(29-20-36-30-5-3-2-4-28(29)30)31(32(40)37-25-9-6-22-12-15-35-19-23(22)18-25)38-33(41)39-16-13-27(14-17-39)42-26-10-7-24(34)8-11-26/h2-11,18,20-21,27,31,35-36H,12-17,19H2,1H3,(H,37,40)(H,38,41)/t21-,31+/m0/s1. The topological polar surface area (TPSA) is 98.5 Å². The number of ether oxygens (including phenoxy) is 1. The van der Waals surface area contributed by atoms with Crippen LogP contribution in [0.2, 0.25) is 0 Å². The molecule has 0 bridgehead atoms. The number of carbonyl (C=O) groups is 2.